The van der Waals surface area contributed by atoms with Gasteiger partial charge in [0.15, 0.2) is 5.16 Å². The highest BCUT2D eigenvalue weighted by Gasteiger charge is 2.15. The molecule has 7 heteroatoms. The van der Waals surface area contributed by atoms with Gasteiger partial charge in [0.2, 0.25) is 0 Å². The van der Waals surface area contributed by atoms with Gasteiger partial charge in [-0.3, -0.25) is 14.2 Å². The van der Waals surface area contributed by atoms with Crippen molar-refractivity contribution in [1.29, 1.82) is 0 Å². The molecule has 3 aromatic carbocycles. The van der Waals surface area contributed by atoms with Crippen LogP contribution in [0.5, 0.6) is 0 Å². The molecule has 0 amide bonds. The summed E-state index contributed by atoms with van der Waals surface area (Å²) in [5.74, 6) is 1.36. The van der Waals surface area contributed by atoms with E-state index in [2.05, 4.69) is 35.9 Å². The highest BCUT2D eigenvalue weighted by atomic mass is 32.2. The second-order valence-corrected chi connectivity index (χ2v) is 9.21. The summed E-state index contributed by atoms with van der Waals surface area (Å²) in [7, 11) is 0. The number of thioether (sulfide) groups is 1. The van der Waals surface area contributed by atoms with E-state index >= 15 is 0 Å². The fraction of sp³-hybridized carbons (Fsp3) is 0.185. The highest BCUT2D eigenvalue weighted by Crippen LogP contribution is 2.25. The Balaban J connectivity index is 1.57. The van der Waals surface area contributed by atoms with E-state index in [1.54, 1.807) is 16.7 Å². The molecular weight excluding hydrogens is 444 g/mol. The number of hydrogen-bond acceptors (Lipinski definition) is 5. The number of aromatic nitrogens is 4. The Morgan fingerprint density at radius 3 is 2.24 bits per heavy atom. The molecule has 1 atom stereocenters. The zero-order valence-electron chi connectivity index (χ0n) is 19.0. The smallest absolute Gasteiger partial charge is 0.266 e. The molecule has 1 N–H and O–H groups in total. The van der Waals surface area contributed by atoms with Gasteiger partial charge in [-0.1, -0.05) is 62.0 Å². The lowest BCUT2D eigenvalue weighted by Crippen LogP contribution is -2.22. The van der Waals surface area contributed by atoms with Crippen LogP contribution in [0.15, 0.2) is 87.5 Å². The summed E-state index contributed by atoms with van der Waals surface area (Å²) < 4.78 is 1.65. The minimum Gasteiger partial charge on any atom is -0.309 e. The van der Waals surface area contributed by atoms with Crippen molar-refractivity contribution in [3.63, 3.8) is 0 Å². The number of para-hydroxylation sites is 2. The number of rotatable bonds is 6. The van der Waals surface area contributed by atoms with E-state index in [9.17, 15) is 9.59 Å². The Morgan fingerprint density at radius 2 is 1.53 bits per heavy atom. The zero-order valence-corrected chi connectivity index (χ0v) is 19.8. The van der Waals surface area contributed by atoms with Gasteiger partial charge in [0.05, 0.1) is 33.2 Å². The lowest BCUT2D eigenvalue weighted by atomic mass is 9.98. The monoisotopic (exact) mass is 468 g/mol. The van der Waals surface area contributed by atoms with Crippen molar-refractivity contribution in [2.24, 2.45) is 0 Å². The predicted molar refractivity (Wildman–Crippen MR) is 138 cm³/mol. The molecule has 0 spiro atoms. The SMILES string of the molecule is CCC(C)c1ccc(-n2c(SCc3nc4ccccc4c(=O)[nH]3)nc3ccccc3c2=O)cc1. The van der Waals surface area contributed by atoms with Gasteiger partial charge in [0.25, 0.3) is 11.1 Å². The Hall–Kier alpha value is -3.71. The Bertz CT molecular complexity index is 1610. The number of hydrogen-bond donors (Lipinski definition) is 1. The van der Waals surface area contributed by atoms with Crippen molar-refractivity contribution < 1.29 is 0 Å². The molecule has 34 heavy (non-hydrogen) atoms. The van der Waals surface area contributed by atoms with Gasteiger partial charge in [-0.15, -0.1) is 0 Å². The van der Waals surface area contributed by atoms with Crippen molar-refractivity contribution in [1.82, 2.24) is 19.5 Å². The maximum atomic E-state index is 13.5. The van der Waals surface area contributed by atoms with Crippen LogP contribution in [0.2, 0.25) is 0 Å². The summed E-state index contributed by atoms with van der Waals surface area (Å²) in [5, 5.41) is 1.67. The second-order valence-electron chi connectivity index (χ2n) is 8.27. The van der Waals surface area contributed by atoms with E-state index in [-0.39, 0.29) is 11.1 Å². The van der Waals surface area contributed by atoms with Gasteiger partial charge in [0.1, 0.15) is 5.82 Å². The average Bonchev–Trinajstić information content (AvgIpc) is 2.87. The van der Waals surface area contributed by atoms with Crippen molar-refractivity contribution >= 4 is 33.6 Å². The fourth-order valence-electron chi connectivity index (χ4n) is 3.96. The molecule has 2 aromatic heterocycles. The van der Waals surface area contributed by atoms with E-state index in [1.165, 1.54) is 17.3 Å². The van der Waals surface area contributed by atoms with Crippen molar-refractivity contribution in [2.75, 3.05) is 0 Å². The number of aromatic amines is 1. The van der Waals surface area contributed by atoms with Crippen LogP contribution < -0.4 is 11.1 Å². The minimum atomic E-state index is -0.175. The summed E-state index contributed by atoms with van der Waals surface area (Å²) in [5.41, 5.74) is 2.99. The molecule has 0 radical (unpaired) electrons. The lowest BCUT2D eigenvalue weighted by Gasteiger charge is -2.15. The normalized spacial score (nSPS) is 12.3. The van der Waals surface area contributed by atoms with Crippen LogP contribution in [-0.4, -0.2) is 19.5 Å². The first-order valence-electron chi connectivity index (χ1n) is 11.3. The standard InChI is InChI=1S/C27H24N4O2S/c1-3-17(2)18-12-14-19(15-13-18)31-26(33)21-9-5-7-11-23(21)29-27(31)34-16-24-28-22-10-6-4-8-20(22)25(32)30-24/h4-15,17H,3,16H2,1-2H3,(H,28,30,32). The summed E-state index contributed by atoms with van der Waals surface area (Å²) in [6.45, 7) is 4.35. The molecule has 0 bridgehead atoms. The molecule has 0 saturated heterocycles. The molecule has 2 heterocycles. The Morgan fingerprint density at radius 1 is 0.882 bits per heavy atom. The topological polar surface area (TPSA) is 80.6 Å². The molecule has 0 aliphatic carbocycles. The Kier molecular flexibility index (Phi) is 6.02. The number of nitrogens with one attached hydrogen (secondary N) is 1. The van der Waals surface area contributed by atoms with Crippen molar-refractivity contribution in [2.45, 2.75) is 37.1 Å². The van der Waals surface area contributed by atoms with E-state index in [0.717, 1.165) is 12.1 Å². The lowest BCUT2D eigenvalue weighted by molar-refractivity contribution is 0.732. The summed E-state index contributed by atoms with van der Waals surface area (Å²) in [6.07, 6.45) is 1.05. The van der Waals surface area contributed by atoms with E-state index < -0.39 is 0 Å². The molecule has 0 saturated carbocycles. The van der Waals surface area contributed by atoms with Gasteiger partial charge in [-0.2, -0.15) is 0 Å². The highest BCUT2D eigenvalue weighted by molar-refractivity contribution is 7.98. The molecule has 0 aliphatic heterocycles. The maximum Gasteiger partial charge on any atom is 0.266 e. The zero-order chi connectivity index (χ0) is 23.7. The van der Waals surface area contributed by atoms with Crippen LogP contribution in [0.1, 0.15) is 37.6 Å². The quantitative estimate of drug-likeness (QED) is 0.266. The first-order valence-corrected chi connectivity index (χ1v) is 12.3. The van der Waals surface area contributed by atoms with Crippen LogP contribution in [0.4, 0.5) is 0 Å². The van der Waals surface area contributed by atoms with Crippen LogP contribution in [0.25, 0.3) is 27.5 Å². The van der Waals surface area contributed by atoms with E-state index in [1.807, 2.05) is 48.5 Å². The average molecular weight is 469 g/mol. The minimum absolute atomic E-state index is 0.121. The van der Waals surface area contributed by atoms with Gasteiger partial charge in [-0.25, -0.2) is 9.97 Å². The van der Waals surface area contributed by atoms with Gasteiger partial charge < -0.3 is 4.98 Å². The van der Waals surface area contributed by atoms with Crippen LogP contribution >= 0.6 is 11.8 Å². The predicted octanol–water partition coefficient (Wildman–Crippen LogP) is 5.43. The van der Waals surface area contributed by atoms with Crippen molar-refractivity contribution in [3.8, 4) is 5.69 Å². The third-order valence-corrected chi connectivity index (χ3v) is 7.03. The molecule has 0 fully saturated rings. The van der Waals surface area contributed by atoms with Crippen LogP contribution in [-0.2, 0) is 5.75 Å². The fourth-order valence-corrected chi connectivity index (χ4v) is 4.84. The molecular formula is C27H24N4O2S. The molecule has 1 unspecified atom stereocenters. The van der Waals surface area contributed by atoms with Gasteiger partial charge in [0, 0.05) is 0 Å². The van der Waals surface area contributed by atoms with E-state index in [4.69, 9.17) is 4.98 Å². The number of H-pyrrole nitrogens is 1. The van der Waals surface area contributed by atoms with Crippen molar-refractivity contribution in [3.05, 3.63) is 105 Å². The summed E-state index contributed by atoms with van der Waals surface area (Å²) in [6, 6.07) is 22.7. The second kappa shape index (κ2) is 9.27. The molecule has 0 aliphatic rings. The Labute approximate surface area is 200 Å². The molecule has 170 valence electrons. The maximum absolute atomic E-state index is 13.5. The number of fused-ring (bicyclic) bond motifs is 2. The van der Waals surface area contributed by atoms with E-state index in [0.29, 0.717) is 44.5 Å². The van der Waals surface area contributed by atoms with Crippen LogP contribution in [0.3, 0.4) is 0 Å². The number of benzene rings is 3. The third-order valence-electron chi connectivity index (χ3n) is 6.08. The number of nitrogens with zero attached hydrogens (tertiary/aromatic N) is 3. The van der Waals surface area contributed by atoms with Gasteiger partial charge in [-0.05, 0) is 54.3 Å². The molecule has 5 aromatic rings. The molecule has 6 nitrogen and oxygen atoms in total. The first kappa shape index (κ1) is 22.1. The summed E-state index contributed by atoms with van der Waals surface area (Å²) >= 11 is 1.38. The van der Waals surface area contributed by atoms with Crippen LogP contribution in [0, 0.1) is 0 Å². The summed E-state index contributed by atoms with van der Waals surface area (Å²) in [4.78, 5) is 38.2. The van der Waals surface area contributed by atoms with Gasteiger partial charge >= 0.3 is 0 Å². The first-order chi connectivity index (χ1) is 16.5. The largest absolute Gasteiger partial charge is 0.309 e. The molecule has 5 rings (SSSR count). The third kappa shape index (κ3) is 4.15.